The number of rotatable bonds is 7. The van der Waals surface area contributed by atoms with Gasteiger partial charge in [0.1, 0.15) is 12.3 Å². The molecule has 1 fully saturated rings. The Labute approximate surface area is 170 Å². The van der Waals surface area contributed by atoms with Crippen LogP contribution in [0.1, 0.15) is 36.7 Å². The second-order valence-corrected chi connectivity index (χ2v) is 7.22. The first-order chi connectivity index (χ1) is 13.9. The lowest BCUT2D eigenvalue weighted by atomic mass is 10.1. The van der Waals surface area contributed by atoms with Gasteiger partial charge in [-0.2, -0.15) is 10.2 Å². The van der Waals surface area contributed by atoms with Gasteiger partial charge in [-0.05, 0) is 69.5 Å². The standard InChI is InChI=1S/C21H27N5O3/c1-15-12-16(2)26(24-15)13-20(27)23-22-17(3)18-6-8-19(9-7-18)29-14-21(28)25-10-4-5-11-25/h6-9,12H,4-5,10-11,13-14H2,1-3H3,(H,23,27)/b22-17-. The van der Waals surface area contributed by atoms with Gasteiger partial charge in [-0.25, -0.2) is 5.43 Å². The van der Waals surface area contributed by atoms with E-state index in [1.165, 1.54) is 0 Å². The number of amides is 2. The number of carbonyl (C=O) groups is 2. The van der Waals surface area contributed by atoms with Gasteiger partial charge in [-0.3, -0.25) is 14.3 Å². The van der Waals surface area contributed by atoms with Gasteiger partial charge in [-0.1, -0.05) is 0 Å². The first-order valence-corrected chi connectivity index (χ1v) is 9.77. The number of hydrogen-bond donors (Lipinski definition) is 1. The third kappa shape index (κ3) is 5.66. The van der Waals surface area contributed by atoms with Crippen molar-refractivity contribution in [2.75, 3.05) is 19.7 Å². The number of hydrogen-bond acceptors (Lipinski definition) is 5. The van der Waals surface area contributed by atoms with E-state index in [4.69, 9.17) is 4.74 Å². The van der Waals surface area contributed by atoms with Crippen molar-refractivity contribution in [1.82, 2.24) is 20.1 Å². The third-order valence-corrected chi connectivity index (χ3v) is 4.84. The molecule has 2 amide bonds. The van der Waals surface area contributed by atoms with Gasteiger partial charge < -0.3 is 9.64 Å². The van der Waals surface area contributed by atoms with Gasteiger partial charge in [0.25, 0.3) is 11.8 Å². The molecule has 0 saturated carbocycles. The molecule has 1 aliphatic heterocycles. The zero-order valence-electron chi connectivity index (χ0n) is 17.1. The Kier molecular flexibility index (Phi) is 6.64. The number of nitrogens with zero attached hydrogens (tertiary/aromatic N) is 4. The molecule has 2 heterocycles. The number of likely N-dealkylation sites (tertiary alicyclic amines) is 1. The van der Waals surface area contributed by atoms with Crippen LogP contribution in [0.15, 0.2) is 35.4 Å². The Morgan fingerprint density at radius 3 is 2.48 bits per heavy atom. The van der Waals surface area contributed by atoms with E-state index in [9.17, 15) is 9.59 Å². The SMILES string of the molecule is C/C(=N/NC(=O)Cn1nc(C)cc1C)c1ccc(OCC(=O)N2CCCC2)cc1. The van der Waals surface area contributed by atoms with Crippen LogP contribution < -0.4 is 10.2 Å². The number of hydrazone groups is 1. The van der Waals surface area contributed by atoms with Gasteiger partial charge >= 0.3 is 0 Å². The average Bonchev–Trinajstić information content (AvgIpc) is 3.34. The summed E-state index contributed by atoms with van der Waals surface area (Å²) in [6.45, 7) is 7.42. The Hall–Kier alpha value is -3.16. The summed E-state index contributed by atoms with van der Waals surface area (Å²) in [5.41, 5.74) is 5.89. The molecule has 8 nitrogen and oxygen atoms in total. The summed E-state index contributed by atoms with van der Waals surface area (Å²) in [6.07, 6.45) is 2.13. The second kappa shape index (κ2) is 9.36. The minimum Gasteiger partial charge on any atom is -0.484 e. The molecule has 1 aromatic heterocycles. The second-order valence-electron chi connectivity index (χ2n) is 7.22. The molecule has 8 heteroatoms. The molecule has 1 aromatic carbocycles. The van der Waals surface area contributed by atoms with Gasteiger partial charge in [0.15, 0.2) is 6.61 Å². The molecule has 1 aliphatic rings. The zero-order valence-corrected chi connectivity index (χ0v) is 17.1. The highest BCUT2D eigenvalue weighted by Crippen LogP contribution is 2.14. The third-order valence-electron chi connectivity index (χ3n) is 4.84. The molecule has 29 heavy (non-hydrogen) atoms. The van der Waals surface area contributed by atoms with Gasteiger partial charge in [0, 0.05) is 18.8 Å². The van der Waals surface area contributed by atoms with Gasteiger partial charge in [0.2, 0.25) is 0 Å². The van der Waals surface area contributed by atoms with Crippen molar-refractivity contribution in [1.29, 1.82) is 0 Å². The van der Waals surface area contributed by atoms with Crippen LogP contribution in [-0.2, 0) is 16.1 Å². The topological polar surface area (TPSA) is 88.8 Å². The normalized spacial score (nSPS) is 14.2. The van der Waals surface area contributed by atoms with E-state index in [-0.39, 0.29) is 25.0 Å². The summed E-state index contributed by atoms with van der Waals surface area (Å²) in [7, 11) is 0. The Balaban J connectivity index is 1.49. The Morgan fingerprint density at radius 1 is 1.17 bits per heavy atom. The van der Waals surface area contributed by atoms with Crippen LogP contribution in [0.25, 0.3) is 0 Å². The van der Waals surface area contributed by atoms with Crippen molar-refractivity contribution >= 4 is 17.5 Å². The molecule has 0 unspecified atom stereocenters. The lowest BCUT2D eigenvalue weighted by Crippen LogP contribution is -2.32. The predicted molar refractivity (Wildman–Crippen MR) is 110 cm³/mol. The molecule has 0 spiro atoms. The van der Waals surface area contributed by atoms with E-state index in [2.05, 4.69) is 15.6 Å². The summed E-state index contributed by atoms with van der Waals surface area (Å²) in [6, 6.07) is 9.21. The maximum Gasteiger partial charge on any atom is 0.261 e. The number of carbonyl (C=O) groups excluding carboxylic acids is 2. The Morgan fingerprint density at radius 2 is 1.86 bits per heavy atom. The van der Waals surface area contributed by atoms with Gasteiger partial charge in [0.05, 0.1) is 11.4 Å². The van der Waals surface area contributed by atoms with E-state index < -0.39 is 0 Å². The number of nitrogens with one attached hydrogen (secondary N) is 1. The summed E-state index contributed by atoms with van der Waals surface area (Å²) < 4.78 is 7.23. The minimum absolute atomic E-state index is 0.0228. The fourth-order valence-corrected chi connectivity index (χ4v) is 3.21. The Bertz CT molecular complexity index is 896. The molecular formula is C21H27N5O3. The summed E-state index contributed by atoms with van der Waals surface area (Å²) in [5.74, 6) is 0.410. The first kappa shape index (κ1) is 20.6. The van der Waals surface area contributed by atoms with Crippen molar-refractivity contribution in [3.05, 3.63) is 47.3 Å². The maximum atomic E-state index is 12.1. The number of benzene rings is 1. The molecule has 0 bridgehead atoms. The predicted octanol–water partition coefficient (Wildman–Crippen LogP) is 2.04. The van der Waals surface area contributed by atoms with Crippen molar-refractivity contribution < 1.29 is 14.3 Å². The molecule has 0 radical (unpaired) electrons. The van der Waals surface area contributed by atoms with Crippen LogP contribution in [0.2, 0.25) is 0 Å². The smallest absolute Gasteiger partial charge is 0.261 e. The average molecular weight is 397 g/mol. The molecule has 2 aromatic rings. The van der Waals surface area contributed by atoms with E-state index in [0.29, 0.717) is 11.5 Å². The van der Waals surface area contributed by atoms with E-state index in [1.807, 2.05) is 43.9 Å². The zero-order chi connectivity index (χ0) is 20.8. The number of aryl methyl sites for hydroxylation is 2. The lowest BCUT2D eigenvalue weighted by Gasteiger charge is -2.15. The fourth-order valence-electron chi connectivity index (χ4n) is 3.21. The molecule has 1 N–H and O–H groups in total. The highest BCUT2D eigenvalue weighted by molar-refractivity contribution is 5.99. The summed E-state index contributed by atoms with van der Waals surface area (Å²) in [5, 5.41) is 8.42. The van der Waals surface area contributed by atoms with Crippen LogP contribution >= 0.6 is 0 Å². The van der Waals surface area contributed by atoms with E-state index >= 15 is 0 Å². The van der Waals surface area contributed by atoms with Crippen molar-refractivity contribution in [2.45, 2.75) is 40.2 Å². The maximum absolute atomic E-state index is 12.1. The molecule has 0 atom stereocenters. The molecule has 1 saturated heterocycles. The highest BCUT2D eigenvalue weighted by Gasteiger charge is 2.18. The van der Waals surface area contributed by atoms with Crippen LogP contribution in [0, 0.1) is 13.8 Å². The minimum atomic E-state index is -0.240. The van der Waals surface area contributed by atoms with Crippen molar-refractivity contribution in [3.8, 4) is 5.75 Å². The highest BCUT2D eigenvalue weighted by atomic mass is 16.5. The quantitative estimate of drug-likeness (QED) is 0.572. The van der Waals surface area contributed by atoms with E-state index in [1.54, 1.807) is 16.8 Å². The van der Waals surface area contributed by atoms with Crippen molar-refractivity contribution in [2.24, 2.45) is 5.10 Å². The summed E-state index contributed by atoms with van der Waals surface area (Å²) >= 11 is 0. The lowest BCUT2D eigenvalue weighted by molar-refractivity contribution is -0.132. The monoisotopic (exact) mass is 397 g/mol. The van der Waals surface area contributed by atoms with Crippen LogP contribution in [-0.4, -0.2) is 51.9 Å². The van der Waals surface area contributed by atoms with Crippen LogP contribution in [0.3, 0.4) is 0 Å². The molecule has 154 valence electrons. The van der Waals surface area contributed by atoms with Crippen LogP contribution in [0.4, 0.5) is 0 Å². The molecule has 3 rings (SSSR count). The first-order valence-electron chi connectivity index (χ1n) is 9.77. The fraction of sp³-hybridized carbons (Fsp3) is 0.429. The van der Waals surface area contributed by atoms with Crippen molar-refractivity contribution in [3.63, 3.8) is 0 Å². The van der Waals surface area contributed by atoms with E-state index in [0.717, 1.165) is 42.9 Å². The molecule has 0 aliphatic carbocycles. The molecular weight excluding hydrogens is 370 g/mol. The van der Waals surface area contributed by atoms with Crippen LogP contribution in [0.5, 0.6) is 5.75 Å². The number of aromatic nitrogens is 2. The number of ether oxygens (including phenoxy) is 1. The largest absolute Gasteiger partial charge is 0.484 e. The summed E-state index contributed by atoms with van der Waals surface area (Å²) in [4.78, 5) is 26.0. The van der Waals surface area contributed by atoms with Gasteiger partial charge in [-0.15, -0.1) is 0 Å².